The first-order valence-electron chi connectivity index (χ1n) is 4.48. The van der Waals surface area contributed by atoms with Gasteiger partial charge in [0, 0.05) is 20.1 Å². The summed E-state index contributed by atoms with van der Waals surface area (Å²) >= 11 is 0. The molecule has 0 rings (SSSR count). The van der Waals surface area contributed by atoms with Gasteiger partial charge in [-0.15, -0.1) is 0 Å². The topological polar surface area (TPSA) is 44.4 Å². The summed E-state index contributed by atoms with van der Waals surface area (Å²) in [7, 11) is 5.68. The van der Waals surface area contributed by atoms with Crippen molar-refractivity contribution in [2.45, 2.75) is 13.8 Å². The van der Waals surface area contributed by atoms with Crippen molar-refractivity contribution in [3.63, 3.8) is 0 Å². The molecule has 0 aliphatic heterocycles. The van der Waals surface area contributed by atoms with Gasteiger partial charge in [-0.25, -0.2) is 4.79 Å². The van der Waals surface area contributed by atoms with Gasteiger partial charge in [-0.3, -0.25) is 0 Å². The standard InChI is InChI=1S/C9H21N3O/c1-9(2,7-12(4)5)6-11-8(13)10-3/h6-7H2,1-5H3,(H2,10,11,13). The normalized spacial score (nSPS) is 11.5. The molecule has 78 valence electrons. The summed E-state index contributed by atoms with van der Waals surface area (Å²) in [6, 6.07) is -0.119. The van der Waals surface area contributed by atoms with E-state index in [2.05, 4.69) is 29.4 Å². The minimum Gasteiger partial charge on any atom is -0.341 e. The van der Waals surface area contributed by atoms with Crippen molar-refractivity contribution < 1.29 is 4.79 Å². The van der Waals surface area contributed by atoms with Gasteiger partial charge in [0.2, 0.25) is 0 Å². The van der Waals surface area contributed by atoms with Crippen molar-refractivity contribution >= 4 is 6.03 Å². The van der Waals surface area contributed by atoms with Crippen LogP contribution in [0.2, 0.25) is 0 Å². The minimum absolute atomic E-state index is 0.107. The lowest BCUT2D eigenvalue weighted by Gasteiger charge is -2.28. The van der Waals surface area contributed by atoms with E-state index in [1.807, 2.05) is 14.1 Å². The molecule has 13 heavy (non-hydrogen) atoms. The second kappa shape index (κ2) is 5.07. The van der Waals surface area contributed by atoms with E-state index < -0.39 is 0 Å². The Labute approximate surface area is 80.7 Å². The Balaban J connectivity index is 3.81. The molecule has 0 aliphatic rings. The number of nitrogens with one attached hydrogen (secondary N) is 2. The number of urea groups is 1. The van der Waals surface area contributed by atoms with Crippen molar-refractivity contribution in [3.8, 4) is 0 Å². The fraction of sp³-hybridized carbons (Fsp3) is 0.889. The predicted octanol–water partition coefficient (Wildman–Crippen LogP) is 0.503. The molecule has 0 unspecified atom stereocenters. The second-order valence-electron chi connectivity index (χ2n) is 4.33. The zero-order valence-corrected chi connectivity index (χ0v) is 9.27. The van der Waals surface area contributed by atoms with Crippen LogP contribution in [0.15, 0.2) is 0 Å². The summed E-state index contributed by atoms with van der Waals surface area (Å²) in [5, 5.41) is 5.33. The summed E-state index contributed by atoms with van der Waals surface area (Å²) in [6.45, 7) is 5.90. The van der Waals surface area contributed by atoms with Gasteiger partial charge >= 0.3 is 6.03 Å². The molecule has 0 spiro atoms. The molecule has 0 aromatic rings. The van der Waals surface area contributed by atoms with Crippen LogP contribution >= 0.6 is 0 Å². The molecular weight excluding hydrogens is 166 g/mol. The third-order valence-electron chi connectivity index (χ3n) is 1.70. The van der Waals surface area contributed by atoms with Gasteiger partial charge < -0.3 is 15.5 Å². The molecule has 4 nitrogen and oxygen atoms in total. The van der Waals surface area contributed by atoms with Gasteiger partial charge in [-0.05, 0) is 19.5 Å². The van der Waals surface area contributed by atoms with Crippen molar-refractivity contribution in [2.75, 3.05) is 34.2 Å². The first-order valence-corrected chi connectivity index (χ1v) is 4.48. The Morgan fingerprint density at radius 3 is 2.31 bits per heavy atom. The molecule has 0 aromatic heterocycles. The maximum absolute atomic E-state index is 10.9. The number of hydrogen-bond donors (Lipinski definition) is 2. The van der Waals surface area contributed by atoms with Crippen LogP contribution in [-0.4, -0.2) is 45.2 Å². The Morgan fingerprint density at radius 2 is 1.92 bits per heavy atom. The van der Waals surface area contributed by atoms with E-state index in [0.717, 1.165) is 6.54 Å². The number of carbonyl (C=O) groups is 1. The molecule has 0 aliphatic carbocycles. The predicted molar refractivity (Wildman–Crippen MR) is 54.8 cm³/mol. The molecular formula is C9H21N3O. The van der Waals surface area contributed by atoms with Gasteiger partial charge in [-0.2, -0.15) is 0 Å². The second-order valence-corrected chi connectivity index (χ2v) is 4.33. The fourth-order valence-corrected chi connectivity index (χ4v) is 1.32. The minimum atomic E-state index is -0.119. The molecule has 0 bridgehead atoms. The largest absolute Gasteiger partial charge is 0.341 e. The summed E-state index contributed by atoms with van der Waals surface area (Å²) < 4.78 is 0. The highest BCUT2D eigenvalue weighted by Crippen LogP contribution is 2.13. The van der Waals surface area contributed by atoms with Crippen LogP contribution in [0.25, 0.3) is 0 Å². The lowest BCUT2D eigenvalue weighted by molar-refractivity contribution is 0.217. The van der Waals surface area contributed by atoms with Crippen molar-refractivity contribution in [1.82, 2.24) is 15.5 Å². The number of nitrogens with zero attached hydrogens (tertiary/aromatic N) is 1. The smallest absolute Gasteiger partial charge is 0.314 e. The lowest BCUT2D eigenvalue weighted by atomic mass is 9.93. The summed E-state index contributed by atoms with van der Waals surface area (Å²) in [6.07, 6.45) is 0. The van der Waals surface area contributed by atoms with Gasteiger partial charge in [0.25, 0.3) is 0 Å². The van der Waals surface area contributed by atoms with E-state index in [1.54, 1.807) is 7.05 Å². The van der Waals surface area contributed by atoms with Crippen LogP contribution in [-0.2, 0) is 0 Å². The van der Waals surface area contributed by atoms with E-state index in [4.69, 9.17) is 0 Å². The van der Waals surface area contributed by atoms with Gasteiger partial charge in [-0.1, -0.05) is 13.8 Å². The van der Waals surface area contributed by atoms with E-state index >= 15 is 0 Å². The molecule has 0 heterocycles. The monoisotopic (exact) mass is 187 g/mol. The lowest BCUT2D eigenvalue weighted by Crippen LogP contribution is -2.42. The summed E-state index contributed by atoms with van der Waals surface area (Å²) in [5.74, 6) is 0. The average Bonchev–Trinajstić information content (AvgIpc) is 1.98. The maximum Gasteiger partial charge on any atom is 0.314 e. The molecule has 2 N–H and O–H groups in total. The Morgan fingerprint density at radius 1 is 1.38 bits per heavy atom. The van der Waals surface area contributed by atoms with Gasteiger partial charge in [0.05, 0.1) is 0 Å². The summed E-state index contributed by atoms with van der Waals surface area (Å²) in [5.41, 5.74) is 0.107. The van der Waals surface area contributed by atoms with Crippen molar-refractivity contribution in [1.29, 1.82) is 0 Å². The molecule has 0 fully saturated rings. The van der Waals surface area contributed by atoms with E-state index in [0.29, 0.717) is 6.54 Å². The third-order valence-corrected chi connectivity index (χ3v) is 1.70. The van der Waals surface area contributed by atoms with Gasteiger partial charge in [0.15, 0.2) is 0 Å². The highest BCUT2D eigenvalue weighted by Gasteiger charge is 2.19. The number of hydrogen-bond acceptors (Lipinski definition) is 2. The highest BCUT2D eigenvalue weighted by atomic mass is 16.2. The van der Waals surface area contributed by atoms with Crippen LogP contribution in [0.1, 0.15) is 13.8 Å². The fourth-order valence-electron chi connectivity index (χ4n) is 1.32. The Kier molecular flexibility index (Phi) is 4.77. The van der Waals surface area contributed by atoms with Crippen molar-refractivity contribution in [3.05, 3.63) is 0 Å². The number of rotatable bonds is 4. The molecule has 2 amide bonds. The van der Waals surface area contributed by atoms with Gasteiger partial charge in [0.1, 0.15) is 0 Å². The summed E-state index contributed by atoms with van der Waals surface area (Å²) in [4.78, 5) is 13.0. The molecule has 0 radical (unpaired) electrons. The van der Waals surface area contributed by atoms with Crippen LogP contribution in [0.4, 0.5) is 4.79 Å². The molecule has 0 atom stereocenters. The zero-order valence-electron chi connectivity index (χ0n) is 9.27. The van der Waals surface area contributed by atoms with E-state index in [-0.39, 0.29) is 11.4 Å². The zero-order chi connectivity index (χ0) is 10.5. The average molecular weight is 187 g/mol. The Bertz CT molecular complexity index is 166. The molecule has 4 heteroatoms. The van der Waals surface area contributed by atoms with E-state index in [1.165, 1.54) is 0 Å². The first-order chi connectivity index (χ1) is 5.87. The number of carbonyl (C=O) groups excluding carboxylic acids is 1. The SMILES string of the molecule is CNC(=O)NCC(C)(C)CN(C)C. The van der Waals surface area contributed by atoms with Crippen LogP contribution in [0.5, 0.6) is 0 Å². The quantitative estimate of drug-likeness (QED) is 0.673. The van der Waals surface area contributed by atoms with E-state index in [9.17, 15) is 4.79 Å². The van der Waals surface area contributed by atoms with Crippen molar-refractivity contribution in [2.24, 2.45) is 5.41 Å². The van der Waals surface area contributed by atoms with Crippen LogP contribution < -0.4 is 10.6 Å². The highest BCUT2D eigenvalue weighted by molar-refractivity contribution is 5.73. The molecule has 0 aromatic carbocycles. The Hall–Kier alpha value is -0.770. The van der Waals surface area contributed by atoms with Crippen LogP contribution in [0.3, 0.4) is 0 Å². The maximum atomic E-state index is 10.9. The molecule has 0 saturated carbocycles. The first kappa shape index (κ1) is 12.2. The molecule has 0 saturated heterocycles. The van der Waals surface area contributed by atoms with Crippen LogP contribution in [0, 0.1) is 5.41 Å². The third kappa shape index (κ3) is 6.40. The number of amides is 2.